The highest BCUT2D eigenvalue weighted by Crippen LogP contribution is 2.19. The number of nitrogens with one attached hydrogen (secondary N) is 2. The van der Waals surface area contributed by atoms with Gasteiger partial charge in [0, 0.05) is 30.2 Å². The van der Waals surface area contributed by atoms with Crippen molar-refractivity contribution in [2.75, 3.05) is 10.0 Å². The number of hydrogen-bond acceptors (Lipinski definition) is 7. The summed E-state index contributed by atoms with van der Waals surface area (Å²) in [6.07, 6.45) is 1.48. The van der Waals surface area contributed by atoms with E-state index in [1.165, 1.54) is 36.5 Å². The van der Waals surface area contributed by atoms with E-state index in [9.17, 15) is 18.0 Å². The summed E-state index contributed by atoms with van der Waals surface area (Å²) >= 11 is 0. The van der Waals surface area contributed by atoms with Crippen molar-refractivity contribution in [2.45, 2.75) is 32.2 Å². The van der Waals surface area contributed by atoms with Gasteiger partial charge in [-0.25, -0.2) is 13.4 Å². The van der Waals surface area contributed by atoms with E-state index in [-0.39, 0.29) is 16.3 Å². The topological polar surface area (TPSA) is 136 Å². The van der Waals surface area contributed by atoms with Gasteiger partial charge in [-0.15, -0.1) is 0 Å². The summed E-state index contributed by atoms with van der Waals surface area (Å²) in [4.78, 5) is 30.1. The molecule has 0 atom stereocenters. The summed E-state index contributed by atoms with van der Waals surface area (Å²) in [7, 11) is -3.89. The highest BCUT2D eigenvalue weighted by molar-refractivity contribution is 7.92. The van der Waals surface area contributed by atoms with Crippen LogP contribution in [0.2, 0.25) is 0 Å². The molecule has 0 radical (unpaired) electrons. The molecule has 0 saturated heterocycles. The molecule has 0 aliphatic carbocycles. The normalized spacial score (nSPS) is 11.5. The molecule has 1 amide bonds. The number of pyridine rings is 2. The van der Waals surface area contributed by atoms with Crippen molar-refractivity contribution in [3.05, 3.63) is 75.9 Å². The Balaban J connectivity index is 1.58. The lowest BCUT2D eigenvalue weighted by molar-refractivity contribution is 0.102. The van der Waals surface area contributed by atoms with Gasteiger partial charge >= 0.3 is 0 Å². The van der Waals surface area contributed by atoms with Crippen molar-refractivity contribution in [3.63, 3.8) is 0 Å². The molecule has 170 valence electrons. The molecule has 4 rings (SSSR count). The molecule has 33 heavy (non-hydrogen) atoms. The first-order valence-electron chi connectivity index (χ1n) is 10.1. The Labute approximate surface area is 189 Å². The third kappa shape index (κ3) is 4.48. The number of nitrogens with zero attached hydrogens (tertiary/aromatic N) is 3. The number of anilines is 2. The van der Waals surface area contributed by atoms with Crippen LogP contribution in [0.25, 0.3) is 11.0 Å². The lowest BCUT2D eigenvalue weighted by Gasteiger charge is -2.12. The molecule has 1 aromatic carbocycles. The Hall–Kier alpha value is -3.99. The molecule has 0 saturated carbocycles. The molecule has 3 aromatic heterocycles. The van der Waals surface area contributed by atoms with Crippen molar-refractivity contribution < 1.29 is 17.7 Å². The molecule has 0 spiro atoms. The number of fused-ring (bicyclic) bond motifs is 1. The molecule has 0 unspecified atom stereocenters. The number of aromatic nitrogens is 3. The molecule has 0 fully saturated rings. The van der Waals surface area contributed by atoms with Crippen LogP contribution in [0.5, 0.6) is 0 Å². The molecular weight excluding hydrogens is 446 g/mol. The number of rotatable bonds is 6. The van der Waals surface area contributed by atoms with Crippen LogP contribution in [0.15, 0.2) is 62.9 Å². The van der Waals surface area contributed by atoms with E-state index in [0.29, 0.717) is 29.0 Å². The monoisotopic (exact) mass is 467 g/mol. The first-order valence-corrected chi connectivity index (χ1v) is 11.5. The summed E-state index contributed by atoms with van der Waals surface area (Å²) in [5, 5.41) is 6.60. The number of carbonyl (C=O) groups excluding carboxylic acids is 1. The van der Waals surface area contributed by atoms with E-state index in [4.69, 9.17) is 4.52 Å². The molecule has 3 heterocycles. The Morgan fingerprint density at radius 2 is 1.85 bits per heavy atom. The van der Waals surface area contributed by atoms with Crippen molar-refractivity contribution in [1.29, 1.82) is 0 Å². The number of amides is 1. The average molecular weight is 468 g/mol. The molecule has 0 aliphatic rings. The zero-order valence-corrected chi connectivity index (χ0v) is 18.9. The second kappa shape index (κ2) is 8.51. The third-order valence-electron chi connectivity index (χ3n) is 4.94. The molecular formula is C22H21N5O5S. The Morgan fingerprint density at radius 1 is 1.12 bits per heavy atom. The summed E-state index contributed by atoms with van der Waals surface area (Å²) in [6, 6.07) is 10.4. The molecule has 0 bridgehead atoms. The van der Waals surface area contributed by atoms with E-state index < -0.39 is 21.4 Å². The smallest absolute Gasteiger partial charge is 0.263 e. The fraction of sp³-hybridized carbons (Fsp3) is 0.182. The minimum Gasteiger partial charge on any atom is -0.360 e. The number of hydrogen-bond donors (Lipinski definition) is 2. The van der Waals surface area contributed by atoms with Crippen LogP contribution < -0.4 is 15.5 Å². The fourth-order valence-electron chi connectivity index (χ4n) is 3.29. The highest BCUT2D eigenvalue weighted by Gasteiger charge is 2.18. The Morgan fingerprint density at radius 3 is 2.48 bits per heavy atom. The second-order valence-corrected chi connectivity index (χ2v) is 9.07. The van der Waals surface area contributed by atoms with E-state index >= 15 is 0 Å². The largest absolute Gasteiger partial charge is 0.360 e. The number of carbonyl (C=O) groups is 1. The average Bonchev–Trinajstić information content (AvgIpc) is 3.18. The SMILES string of the molecule is CCn1cc(C(=O)Nc2ccc(S(=O)(=O)Nc3cc(C)on3)cc2)c(=O)c2ccc(C)nc21. The zero-order valence-electron chi connectivity index (χ0n) is 18.1. The van der Waals surface area contributed by atoms with Gasteiger partial charge in [-0.1, -0.05) is 5.16 Å². The van der Waals surface area contributed by atoms with Gasteiger partial charge in [0.15, 0.2) is 5.82 Å². The summed E-state index contributed by atoms with van der Waals surface area (Å²) < 4.78 is 33.9. The number of aryl methyl sites for hydroxylation is 3. The van der Waals surface area contributed by atoms with Crippen molar-refractivity contribution in [1.82, 2.24) is 14.7 Å². The predicted octanol–water partition coefficient (Wildman–Crippen LogP) is 3.07. The quantitative estimate of drug-likeness (QED) is 0.445. The van der Waals surface area contributed by atoms with Crippen LogP contribution in [-0.2, 0) is 16.6 Å². The molecule has 2 N–H and O–H groups in total. The molecule has 4 aromatic rings. The first kappa shape index (κ1) is 22.2. The maximum absolute atomic E-state index is 12.9. The van der Waals surface area contributed by atoms with Crippen LogP contribution in [0, 0.1) is 13.8 Å². The first-order chi connectivity index (χ1) is 15.7. The van der Waals surface area contributed by atoms with Gasteiger partial charge in [0.05, 0.1) is 10.3 Å². The minimum absolute atomic E-state index is 0.0263. The summed E-state index contributed by atoms with van der Waals surface area (Å²) in [5.41, 5.74) is 1.16. The van der Waals surface area contributed by atoms with Gasteiger partial charge in [-0.05, 0) is 57.2 Å². The fourth-order valence-corrected chi connectivity index (χ4v) is 4.27. The van der Waals surface area contributed by atoms with Crippen LogP contribution in [0.4, 0.5) is 11.5 Å². The van der Waals surface area contributed by atoms with Crippen LogP contribution in [0.1, 0.15) is 28.7 Å². The summed E-state index contributed by atoms with van der Waals surface area (Å²) in [6.45, 7) is 5.89. The molecule has 11 heteroatoms. The van der Waals surface area contributed by atoms with Gasteiger partial charge < -0.3 is 14.4 Å². The highest BCUT2D eigenvalue weighted by atomic mass is 32.2. The van der Waals surface area contributed by atoms with Gasteiger partial charge in [-0.3, -0.25) is 14.3 Å². The van der Waals surface area contributed by atoms with Crippen LogP contribution in [-0.4, -0.2) is 29.0 Å². The zero-order chi connectivity index (χ0) is 23.8. The predicted molar refractivity (Wildman–Crippen MR) is 123 cm³/mol. The van der Waals surface area contributed by atoms with Crippen molar-refractivity contribution in [3.8, 4) is 0 Å². The standard InChI is InChI=1S/C22H21N5O5S/c1-4-27-12-18(20(28)17-10-5-13(2)23-21(17)27)22(29)24-15-6-8-16(9-7-15)33(30,31)26-19-11-14(3)32-25-19/h5-12H,4H2,1-3H3,(H,24,29)(H,25,26). The Kier molecular flexibility index (Phi) is 5.73. The van der Waals surface area contributed by atoms with Crippen LogP contribution in [0.3, 0.4) is 0 Å². The maximum atomic E-state index is 12.9. The minimum atomic E-state index is -3.89. The lowest BCUT2D eigenvalue weighted by atomic mass is 10.1. The van der Waals surface area contributed by atoms with Crippen molar-refractivity contribution in [2.24, 2.45) is 0 Å². The van der Waals surface area contributed by atoms with E-state index in [2.05, 4.69) is 20.2 Å². The van der Waals surface area contributed by atoms with Gasteiger partial charge in [0.1, 0.15) is 17.0 Å². The van der Waals surface area contributed by atoms with Gasteiger partial charge in [0.25, 0.3) is 15.9 Å². The second-order valence-electron chi connectivity index (χ2n) is 7.39. The third-order valence-corrected chi connectivity index (χ3v) is 6.31. The Bertz CT molecular complexity index is 1520. The number of sulfonamides is 1. The number of benzene rings is 1. The van der Waals surface area contributed by atoms with E-state index in [0.717, 1.165) is 5.69 Å². The van der Waals surface area contributed by atoms with E-state index in [1.807, 2.05) is 13.8 Å². The summed E-state index contributed by atoms with van der Waals surface area (Å²) in [5.74, 6) is -0.0675. The van der Waals surface area contributed by atoms with Crippen LogP contribution >= 0.6 is 0 Å². The van der Waals surface area contributed by atoms with Gasteiger partial charge in [-0.2, -0.15) is 0 Å². The van der Waals surface area contributed by atoms with Gasteiger partial charge in [0.2, 0.25) is 5.43 Å². The molecule has 10 nitrogen and oxygen atoms in total. The maximum Gasteiger partial charge on any atom is 0.263 e. The van der Waals surface area contributed by atoms with Crippen molar-refractivity contribution >= 4 is 38.5 Å². The van der Waals surface area contributed by atoms with E-state index in [1.54, 1.807) is 23.6 Å². The lowest BCUT2D eigenvalue weighted by Crippen LogP contribution is -2.24. The molecule has 0 aliphatic heterocycles.